The Balaban J connectivity index is 1.82. The van der Waals surface area contributed by atoms with Gasteiger partial charge in [-0.25, -0.2) is 0 Å². The molecule has 2 fully saturated rings. The quantitative estimate of drug-likeness (QED) is 0.889. The van der Waals surface area contributed by atoms with Crippen LogP contribution in [-0.4, -0.2) is 30.3 Å². The highest BCUT2D eigenvalue weighted by molar-refractivity contribution is 5.05. The fraction of sp³-hybridized carbons (Fsp3) is 0.846. The Labute approximate surface area is 107 Å². The fourth-order valence-electron chi connectivity index (χ4n) is 3.11. The molecule has 1 saturated carbocycles. The van der Waals surface area contributed by atoms with Crippen molar-refractivity contribution in [1.29, 1.82) is 0 Å². The summed E-state index contributed by atoms with van der Waals surface area (Å²) in [6.45, 7) is 1.88. The summed E-state index contributed by atoms with van der Waals surface area (Å²) in [6.07, 6.45) is 6.76. The number of aromatic nitrogens is 2. The van der Waals surface area contributed by atoms with Crippen molar-refractivity contribution in [3.63, 3.8) is 0 Å². The Morgan fingerprint density at radius 2 is 2.00 bits per heavy atom. The van der Waals surface area contributed by atoms with Gasteiger partial charge in [0.15, 0.2) is 5.82 Å². The third kappa shape index (κ3) is 2.06. The Hall–Kier alpha value is -0.940. The van der Waals surface area contributed by atoms with Crippen LogP contribution in [0.4, 0.5) is 0 Å². The van der Waals surface area contributed by atoms with E-state index in [0.717, 1.165) is 31.8 Å². The van der Waals surface area contributed by atoms with E-state index in [4.69, 9.17) is 9.26 Å². The summed E-state index contributed by atoms with van der Waals surface area (Å²) in [4.78, 5) is 4.63. The van der Waals surface area contributed by atoms with Crippen LogP contribution in [0.3, 0.4) is 0 Å². The molecular weight excluding hydrogens is 230 g/mol. The normalized spacial score (nSPS) is 24.5. The van der Waals surface area contributed by atoms with Gasteiger partial charge in [-0.15, -0.1) is 0 Å². The summed E-state index contributed by atoms with van der Waals surface area (Å²) < 4.78 is 11.2. The van der Waals surface area contributed by atoms with Crippen LogP contribution in [0.5, 0.6) is 0 Å². The number of methoxy groups -OCH3 is 1. The molecule has 1 saturated heterocycles. The first kappa shape index (κ1) is 12.1. The second-order valence-electron chi connectivity index (χ2n) is 5.39. The maximum atomic E-state index is 5.70. The lowest BCUT2D eigenvalue weighted by atomic mass is 9.92. The Morgan fingerprint density at radius 3 is 2.67 bits per heavy atom. The van der Waals surface area contributed by atoms with Gasteiger partial charge in [-0.3, -0.25) is 0 Å². The number of piperidine rings is 1. The zero-order chi connectivity index (χ0) is 12.4. The Kier molecular flexibility index (Phi) is 3.35. The van der Waals surface area contributed by atoms with Crippen molar-refractivity contribution in [2.24, 2.45) is 0 Å². The van der Waals surface area contributed by atoms with Gasteiger partial charge in [-0.2, -0.15) is 4.98 Å². The van der Waals surface area contributed by atoms with Crippen molar-refractivity contribution in [2.45, 2.75) is 50.0 Å². The molecule has 100 valence electrons. The topological polar surface area (TPSA) is 60.2 Å². The van der Waals surface area contributed by atoms with E-state index < -0.39 is 0 Å². The van der Waals surface area contributed by atoms with Crippen molar-refractivity contribution in [1.82, 2.24) is 15.5 Å². The maximum Gasteiger partial charge on any atom is 0.258 e. The third-order valence-electron chi connectivity index (χ3n) is 4.35. The molecule has 2 heterocycles. The van der Waals surface area contributed by atoms with Gasteiger partial charge >= 0.3 is 0 Å². The fourth-order valence-corrected chi connectivity index (χ4v) is 3.11. The molecule has 0 unspecified atom stereocenters. The highest BCUT2D eigenvalue weighted by Gasteiger charge is 2.40. The second-order valence-corrected chi connectivity index (χ2v) is 5.39. The lowest BCUT2D eigenvalue weighted by molar-refractivity contribution is -0.0622. The van der Waals surface area contributed by atoms with E-state index in [9.17, 15) is 0 Å². The van der Waals surface area contributed by atoms with E-state index in [2.05, 4.69) is 15.5 Å². The van der Waals surface area contributed by atoms with Gasteiger partial charge in [-0.1, -0.05) is 18.0 Å². The summed E-state index contributed by atoms with van der Waals surface area (Å²) in [6, 6.07) is 0. The number of nitrogens with zero attached hydrogens (tertiary/aromatic N) is 2. The largest absolute Gasteiger partial charge is 0.368 e. The van der Waals surface area contributed by atoms with E-state index in [1.165, 1.54) is 25.7 Å². The molecule has 0 bridgehead atoms. The molecule has 1 aliphatic carbocycles. The van der Waals surface area contributed by atoms with Crippen molar-refractivity contribution in [3.05, 3.63) is 11.7 Å². The van der Waals surface area contributed by atoms with Gasteiger partial charge in [0.1, 0.15) is 5.60 Å². The molecule has 5 heteroatoms. The van der Waals surface area contributed by atoms with E-state index in [0.29, 0.717) is 11.8 Å². The molecule has 1 aliphatic heterocycles. The highest BCUT2D eigenvalue weighted by atomic mass is 16.5. The van der Waals surface area contributed by atoms with Gasteiger partial charge < -0.3 is 14.6 Å². The summed E-state index contributed by atoms with van der Waals surface area (Å²) in [5.74, 6) is 2.06. The Morgan fingerprint density at radius 1 is 1.28 bits per heavy atom. The summed E-state index contributed by atoms with van der Waals surface area (Å²) in [5.41, 5.74) is -0.366. The van der Waals surface area contributed by atoms with Gasteiger partial charge in [0, 0.05) is 13.0 Å². The molecule has 0 aromatic carbocycles. The molecule has 0 atom stereocenters. The predicted octanol–water partition coefficient (Wildman–Crippen LogP) is 1.95. The number of hydrogen-bond donors (Lipinski definition) is 1. The molecule has 0 spiro atoms. The van der Waals surface area contributed by atoms with Gasteiger partial charge in [0.2, 0.25) is 0 Å². The zero-order valence-corrected chi connectivity index (χ0v) is 10.9. The van der Waals surface area contributed by atoms with Gasteiger partial charge in [0.25, 0.3) is 5.89 Å². The minimum atomic E-state index is -0.366. The SMILES string of the molecule is COC1(c2nc(C3CCCC3)no2)CCNCC1. The smallest absolute Gasteiger partial charge is 0.258 e. The average Bonchev–Trinajstić information content (AvgIpc) is 3.10. The molecule has 1 aromatic rings. The first-order valence-electron chi connectivity index (χ1n) is 6.94. The Bertz CT molecular complexity index is 393. The van der Waals surface area contributed by atoms with Crippen LogP contribution < -0.4 is 5.32 Å². The van der Waals surface area contributed by atoms with Gasteiger partial charge in [-0.05, 0) is 38.8 Å². The van der Waals surface area contributed by atoms with Crippen molar-refractivity contribution in [2.75, 3.05) is 20.2 Å². The molecule has 1 aromatic heterocycles. The molecule has 0 radical (unpaired) electrons. The van der Waals surface area contributed by atoms with E-state index >= 15 is 0 Å². The first-order valence-corrected chi connectivity index (χ1v) is 6.94. The third-order valence-corrected chi connectivity index (χ3v) is 4.35. The molecule has 2 aliphatic rings. The number of hydrogen-bond acceptors (Lipinski definition) is 5. The number of ether oxygens (including phenoxy) is 1. The van der Waals surface area contributed by atoms with E-state index in [1.807, 2.05) is 0 Å². The molecule has 3 rings (SSSR count). The molecule has 5 nitrogen and oxygen atoms in total. The summed E-state index contributed by atoms with van der Waals surface area (Å²) in [5, 5.41) is 7.52. The van der Waals surface area contributed by atoms with Crippen LogP contribution in [0.1, 0.15) is 56.2 Å². The lowest BCUT2D eigenvalue weighted by Gasteiger charge is -2.32. The monoisotopic (exact) mass is 251 g/mol. The molecule has 1 N–H and O–H groups in total. The number of rotatable bonds is 3. The summed E-state index contributed by atoms with van der Waals surface area (Å²) >= 11 is 0. The second kappa shape index (κ2) is 4.97. The maximum absolute atomic E-state index is 5.70. The van der Waals surface area contributed by atoms with Crippen molar-refractivity contribution < 1.29 is 9.26 Å². The standard InChI is InChI=1S/C13H21N3O2/c1-17-13(6-8-14-9-7-13)12-15-11(16-18-12)10-4-2-3-5-10/h10,14H,2-9H2,1H3. The average molecular weight is 251 g/mol. The van der Waals surface area contributed by atoms with Crippen LogP contribution >= 0.6 is 0 Å². The first-order chi connectivity index (χ1) is 8.84. The van der Waals surface area contributed by atoms with Crippen molar-refractivity contribution >= 4 is 0 Å². The van der Waals surface area contributed by atoms with E-state index in [1.54, 1.807) is 7.11 Å². The van der Waals surface area contributed by atoms with E-state index in [-0.39, 0.29) is 5.60 Å². The molecular formula is C13H21N3O2. The molecule has 18 heavy (non-hydrogen) atoms. The molecule has 0 amide bonds. The highest BCUT2D eigenvalue weighted by Crippen LogP contribution is 2.36. The van der Waals surface area contributed by atoms with Gasteiger partial charge in [0.05, 0.1) is 0 Å². The van der Waals surface area contributed by atoms with Crippen LogP contribution in [-0.2, 0) is 10.3 Å². The number of nitrogens with one attached hydrogen (secondary N) is 1. The van der Waals surface area contributed by atoms with Crippen LogP contribution in [0.15, 0.2) is 4.52 Å². The summed E-state index contributed by atoms with van der Waals surface area (Å²) in [7, 11) is 1.74. The predicted molar refractivity (Wildman–Crippen MR) is 66.3 cm³/mol. The zero-order valence-electron chi connectivity index (χ0n) is 10.9. The lowest BCUT2D eigenvalue weighted by Crippen LogP contribution is -2.41. The van der Waals surface area contributed by atoms with Crippen LogP contribution in [0.25, 0.3) is 0 Å². The minimum absolute atomic E-state index is 0.366. The van der Waals surface area contributed by atoms with Crippen LogP contribution in [0.2, 0.25) is 0 Å². The van der Waals surface area contributed by atoms with Crippen molar-refractivity contribution in [3.8, 4) is 0 Å². The van der Waals surface area contributed by atoms with Crippen LogP contribution in [0, 0.1) is 0 Å². The minimum Gasteiger partial charge on any atom is -0.368 e.